The molecule has 2 aromatic carbocycles. The fraction of sp³-hybridized carbons (Fsp3) is 0.483. The highest BCUT2D eigenvalue weighted by Crippen LogP contribution is 2.35. The summed E-state index contributed by atoms with van der Waals surface area (Å²) >= 11 is 5.07. The molecule has 1 aliphatic carbocycles. The maximum Gasteiger partial charge on any atom is 0.234 e. The van der Waals surface area contributed by atoms with Crippen molar-refractivity contribution >= 4 is 39.3 Å². The molecule has 1 amide bonds. The predicted octanol–water partition coefficient (Wildman–Crippen LogP) is 7.69. The van der Waals surface area contributed by atoms with Crippen LogP contribution in [0.4, 0.5) is 5.69 Å². The first kappa shape index (κ1) is 28.5. The van der Waals surface area contributed by atoms with E-state index >= 15 is 0 Å². The number of halogens is 1. The van der Waals surface area contributed by atoms with Crippen LogP contribution in [0.25, 0.3) is 0 Å². The van der Waals surface area contributed by atoms with Gasteiger partial charge in [-0.25, -0.2) is 0 Å². The van der Waals surface area contributed by atoms with E-state index in [9.17, 15) is 4.79 Å². The van der Waals surface area contributed by atoms with E-state index in [1.165, 1.54) is 31.0 Å². The highest BCUT2D eigenvalue weighted by Gasteiger charge is 2.24. The third-order valence-corrected chi connectivity index (χ3v) is 8.54. The molecule has 1 aromatic heterocycles. The van der Waals surface area contributed by atoms with E-state index in [0.29, 0.717) is 36.6 Å². The summed E-state index contributed by atoms with van der Waals surface area (Å²) in [6.07, 6.45) is 5.80. The topological polar surface area (TPSA) is 78.3 Å². The van der Waals surface area contributed by atoms with Crippen molar-refractivity contribution < 1.29 is 14.3 Å². The number of anilines is 1. The van der Waals surface area contributed by atoms with Crippen LogP contribution >= 0.6 is 27.7 Å². The monoisotopic (exact) mass is 600 g/mol. The number of carbonyl (C=O) groups excluding carboxylic acids is 1. The molecule has 0 saturated heterocycles. The summed E-state index contributed by atoms with van der Waals surface area (Å²) < 4.78 is 15.3. The first-order valence-electron chi connectivity index (χ1n) is 13.4. The molecule has 0 aliphatic heterocycles. The van der Waals surface area contributed by atoms with Crippen LogP contribution in [0.1, 0.15) is 81.8 Å². The summed E-state index contributed by atoms with van der Waals surface area (Å²) in [6.45, 7) is 9.20. The van der Waals surface area contributed by atoms with Crippen LogP contribution in [0.3, 0.4) is 0 Å². The third-order valence-electron chi connectivity index (χ3n) is 6.74. The molecule has 9 heteroatoms. The van der Waals surface area contributed by atoms with Crippen LogP contribution in [0.5, 0.6) is 11.5 Å². The predicted molar refractivity (Wildman–Crippen MR) is 156 cm³/mol. The lowest BCUT2D eigenvalue weighted by Crippen LogP contribution is -2.19. The molecule has 38 heavy (non-hydrogen) atoms. The number of carbonyl (C=O) groups is 1. The Bertz CT molecular complexity index is 1240. The highest BCUT2D eigenvalue weighted by molar-refractivity contribution is 9.10. The number of nitrogens with zero attached hydrogens (tertiary/aromatic N) is 3. The summed E-state index contributed by atoms with van der Waals surface area (Å²) in [5.74, 6) is 2.80. The smallest absolute Gasteiger partial charge is 0.234 e. The zero-order valence-electron chi connectivity index (χ0n) is 22.6. The van der Waals surface area contributed by atoms with E-state index in [1.807, 2.05) is 31.2 Å². The highest BCUT2D eigenvalue weighted by atomic mass is 79.9. The normalized spacial score (nSPS) is 14.1. The molecule has 0 atom stereocenters. The molecular weight excluding hydrogens is 564 g/mol. The number of aryl methyl sites for hydroxylation is 1. The van der Waals surface area contributed by atoms with Gasteiger partial charge in [0.1, 0.15) is 18.1 Å². The van der Waals surface area contributed by atoms with Crippen molar-refractivity contribution in [1.29, 1.82) is 0 Å². The number of aromatic nitrogens is 3. The van der Waals surface area contributed by atoms with Crippen molar-refractivity contribution in [2.24, 2.45) is 0 Å². The largest absolute Gasteiger partial charge is 0.492 e. The number of para-hydroxylation sites is 2. The summed E-state index contributed by atoms with van der Waals surface area (Å²) in [4.78, 5) is 12.8. The van der Waals surface area contributed by atoms with E-state index in [2.05, 4.69) is 68.9 Å². The molecule has 1 heterocycles. The van der Waals surface area contributed by atoms with E-state index in [4.69, 9.17) is 9.47 Å². The minimum Gasteiger partial charge on any atom is -0.492 e. The van der Waals surface area contributed by atoms with E-state index in [-0.39, 0.29) is 11.7 Å². The van der Waals surface area contributed by atoms with Crippen LogP contribution in [-0.2, 0) is 11.4 Å². The third kappa shape index (κ3) is 7.11. The van der Waals surface area contributed by atoms with Crippen LogP contribution in [-0.4, -0.2) is 33.0 Å². The van der Waals surface area contributed by atoms with Gasteiger partial charge in [-0.1, -0.05) is 72.9 Å². The molecule has 1 aliphatic rings. The Labute approximate surface area is 238 Å². The first-order valence-corrected chi connectivity index (χ1v) is 15.2. The van der Waals surface area contributed by atoms with Crippen LogP contribution < -0.4 is 14.8 Å². The SMILES string of the molecule is CCOc1ccccc1NC(=O)CSc1nnc(COc2cc(C)c(Br)cc2C(C)C)n1C1CCCCC1. The van der Waals surface area contributed by atoms with Crippen molar-refractivity contribution in [1.82, 2.24) is 14.8 Å². The van der Waals surface area contributed by atoms with Crippen molar-refractivity contribution in [3.63, 3.8) is 0 Å². The van der Waals surface area contributed by atoms with Crippen LogP contribution in [0.15, 0.2) is 46.0 Å². The second kappa shape index (κ2) is 13.5. The number of thioether (sulfide) groups is 1. The van der Waals surface area contributed by atoms with Crippen molar-refractivity contribution in [2.45, 2.75) is 83.5 Å². The van der Waals surface area contributed by atoms with Crippen LogP contribution in [0, 0.1) is 6.92 Å². The number of ether oxygens (including phenoxy) is 2. The maximum atomic E-state index is 12.8. The van der Waals surface area contributed by atoms with Gasteiger partial charge >= 0.3 is 0 Å². The fourth-order valence-electron chi connectivity index (χ4n) is 4.77. The molecule has 0 bridgehead atoms. The first-order chi connectivity index (χ1) is 18.4. The maximum absolute atomic E-state index is 12.8. The van der Waals surface area contributed by atoms with Gasteiger partial charge in [-0.2, -0.15) is 0 Å². The summed E-state index contributed by atoms with van der Waals surface area (Å²) in [7, 11) is 0. The number of hydrogen-bond acceptors (Lipinski definition) is 6. The number of nitrogens with one attached hydrogen (secondary N) is 1. The second-order valence-corrected chi connectivity index (χ2v) is 11.7. The van der Waals surface area contributed by atoms with Gasteiger partial charge < -0.3 is 14.8 Å². The van der Waals surface area contributed by atoms with E-state index in [1.54, 1.807) is 0 Å². The van der Waals surface area contributed by atoms with Crippen molar-refractivity contribution in [2.75, 3.05) is 17.7 Å². The van der Waals surface area contributed by atoms with E-state index in [0.717, 1.165) is 45.2 Å². The summed E-state index contributed by atoms with van der Waals surface area (Å²) in [6, 6.07) is 12.0. The number of hydrogen-bond donors (Lipinski definition) is 1. The Morgan fingerprint density at radius 1 is 1.13 bits per heavy atom. The molecule has 7 nitrogen and oxygen atoms in total. The minimum atomic E-state index is -0.106. The van der Waals surface area contributed by atoms with Gasteiger partial charge in [-0.05, 0) is 68.0 Å². The van der Waals surface area contributed by atoms with Gasteiger partial charge in [0.2, 0.25) is 5.91 Å². The molecular formula is C29H37BrN4O3S. The Morgan fingerprint density at radius 3 is 2.63 bits per heavy atom. The molecule has 1 fully saturated rings. The number of benzene rings is 2. The molecule has 0 unspecified atom stereocenters. The van der Waals surface area contributed by atoms with Gasteiger partial charge in [0.05, 0.1) is 18.0 Å². The van der Waals surface area contributed by atoms with Gasteiger partial charge in [0.25, 0.3) is 0 Å². The molecule has 204 valence electrons. The molecule has 0 radical (unpaired) electrons. The Kier molecular flexibility index (Phi) is 10.1. The average molecular weight is 602 g/mol. The average Bonchev–Trinajstić information content (AvgIpc) is 3.32. The Hall–Kier alpha value is -2.52. The second-order valence-electron chi connectivity index (χ2n) is 9.91. The van der Waals surface area contributed by atoms with Gasteiger partial charge in [-0.15, -0.1) is 10.2 Å². The zero-order chi connectivity index (χ0) is 27.1. The standard InChI is InChI=1S/C29H37BrN4O3S/c1-5-36-25-14-10-9-13-24(25)31-28(35)18-38-29-33-32-27(34(29)21-11-7-6-8-12-21)17-37-26-15-20(4)23(30)16-22(26)19(2)3/h9-10,13-16,19,21H,5-8,11-12,17-18H2,1-4H3,(H,31,35). The van der Waals surface area contributed by atoms with Gasteiger partial charge in [-0.3, -0.25) is 9.36 Å². The van der Waals surface area contributed by atoms with Gasteiger partial charge in [0.15, 0.2) is 11.0 Å². The molecule has 1 saturated carbocycles. The number of amides is 1. The quantitative estimate of drug-likeness (QED) is 0.227. The van der Waals surface area contributed by atoms with Crippen LogP contribution in [0.2, 0.25) is 0 Å². The lowest BCUT2D eigenvalue weighted by atomic mass is 9.95. The Morgan fingerprint density at radius 2 is 1.89 bits per heavy atom. The van der Waals surface area contributed by atoms with E-state index < -0.39 is 0 Å². The molecule has 1 N–H and O–H groups in total. The summed E-state index contributed by atoms with van der Waals surface area (Å²) in [5, 5.41) is 12.8. The van der Waals surface area contributed by atoms with Crippen molar-refractivity contribution in [3.05, 3.63) is 57.8 Å². The van der Waals surface area contributed by atoms with Gasteiger partial charge in [0, 0.05) is 10.5 Å². The molecule has 4 rings (SSSR count). The number of rotatable bonds is 11. The molecule has 0 spiro atoms. The minimum absolute atomic E-state index is 0.106. The fourth-order valence-corrected chi connectivity index (χ4v) is 5.95. The van der Waals surface area contributed by atoms with Crippen molar-refractivity contribution in [3.8, 4) is 11.5 Å². The summed E-state index contributed by atoms with van der Waals surface area (Å²) in [5.41, 5.74) is 2.96. The molecule has 3 aromatic rings. The zero-order valence-corrected chi connectivity index (χ0v) is 25.0. The lowest BCUT2D eigenvalue weighted by molar-refractivity contribution is -0.113. The lowest BCUT2D eigenvalue weighted by Gasteiger charge is -2.25. The Balaban J connectivity index is 1.50.